The van der Waals surface area contributed by atoms with Crippen LogP contribution in [-0.4, -0.2) is 24.3 Å². The first-order chi connectivity index (χ1) is 18.1. The Balaban J connectivity index is 2.08. The van der Waals surface area contributed by atoms with E-state index in [4.69, 9.17) is 0 Å². The maximum absolute atomic E-state index is 10.8. The predicted molar refractivity (Wildman–Crippen MR) is 136 cm³/mol. The van der Waals surface area contributed by atoms with Crippen LogP contribution in [0.1, 0.15) is 22.3 Å². The van der Waals surface area contributed by atoms with E-state index in [0.717, 1.165) is 22.3 Å². The van der Waals surface area contributed by atoms with Crippen molar-refractivity contribution in [2.24, 2.45) is 20.0 Å². The third-order valence-electron chi connectivity index (χ3n) is 5.90. The van der Waals surface area contributed by atoms with E-state index in [9.17, 15) is 19.2 Å². The Bertz CT molecular complexity index is 1350. The molecule has 0 saturated heterocycles. The van der Waals surface area contributed by atoms with E-state index in [1.165, 1.54) is 0 Å². The maximum Gasteiger partial charge on any atom is 0.240 e. The minimum absolute atomic E-state index is 0.439. The lowest BCUT2D eigenvalue weighted by molar-refractivity contribution is 0.564. The largest absolute Gasteiger partial charge is 0.240 e. The van der Waals surface area contributed by atoms with Crippen molar-refractivity contribution in [3.8, 4) is 0 Å². The second kappa shape index (κ2) is 11.2. The van der Waals surface area contributed by atoms with Crippen LogP contribution in [0.2, 0.25) is 0 Å². The summed E-state index contributed by atoms with van der Waals surface area (Å²) in [7, 11) is 0. The summed E-state index contributed by atoms with van der Waals surface area (Å²) in [4.78, 5) is 57.9. The summed E-state index contributed by atoms with van der Waals surface area (Å²) >= 11 is 0. The van der Waals surface area contributed by atoms with Crippen LogP contribution in [0.25, 0.3) is 0 Å². The van der Waals surface area contributed by atoms with Gasteiger partial charge in [-0.3, -0.25) is 0 Å². The fourth-order valence-corrected chi connectivity index (χ4v) is 4.35. The van der Waals surface area contributed by atoms with Gasteiger partial charge in [-0.05, 0) is 70.8 Å². The molecular formula is C29H16N4O4. The van der Waals surface area contributed by atoms with Crippen molar-refractivity contribution in [3.63, 3.8) is 0 Å². The highest BCUT2D eigenvalue weighted by molar-refractivity contribution is 5.65. The SMILES string of the molecule is O=C=Nc1ccc(C(c2ccc(N=C=O)cc2)(c2ccc(N=C=O)cc2)c2ccc(N=C=O)cc2)cc1. The summed E-state index contributed by atoms with van der Waals surface area (Å²) in [6.07, 6.45) is 6.16. The Hall–Kier alpha value is -5.60. The number of carbonyl (C=O) groups excluding carboxylic acids is 4. The molecule has 0 aliphatic rings. The highest BCUT2D eigenvalue weighted by Gasteiger charge is 2.38. The number of hydrogen-bond donors (Lipinski definition) is 0. The minimum atomic E-state index is -0.931. The van der Waals surface area contributed by atoms with Gasteiger partial charge < -0.3 is 0 Å². The molecule has 0 unspecified atom stereocenters. The van der Waals surface area contributed by atoms with Crippen LogP contribution >= 0.6 is 0 Å². The molecule has 0 N–H and O–H groups in total. The summed E-state index contributed by atoms with van der Waals surface area (Å²) in [6.45, 7) is 0. The van der Waals surface area contributed by atoms with Crippen LogP contribution in [0.15, 0.2) is 117 Å². The van der Waals surface area contributed by atoms with Crippen molar-refractivity contribution >= 4 is 47.1 Å². The molecule has 0 atom stereocenters. The molecule has 0 amide bonds. The molecule has 0 radical (unpaired) electrons. The van der Waals surface area contributed by atoms with E-state index < -0.39 is 5.41 Å². The van der Waals surface area contributed by atoms with Crippen LogP contribution in [0.5, 0.6) is 0 Å². The zero-order chi connectivity index (χ0) is 26.1. The molecule has 0 aliphatic carbocycles. The van der Waals surface area contributed by atoms with Gasteiger partial charge in [-0.25, -0.2) is 19.2 Å². The molecule has 37 heavy (non-hydrogen) atoms. The van der Waals surface area contributed by atoms with Crippen molar-refractivity contribution in [3.05, 3.63) is 119 Å². The molecule has 0 aromatic heterocycles. The van der Waals surface area contributed by atoms with Crippen molar-refractivity contribution in [1.29, 1.82) is 0 Å². The van der Waals surface area contributed by atoms with E-state index in [1.807, 2.05) is 48.5 Å². The molecule has 0 saturated carbocycles. The molecular weight excluding hydrogens is 468 g/mol. The van der Waals surface area contributed by atoms with Gasteiger partial charge in [0.05, 0.1) is 28.2 Å². The van der Waals surface area contributed by atoms with E-state index in [0.29, 0.717) is 22.7 Å². The van der Waals surface area contributed by atoms with Gasteiger partial charge in [0.25, 0.3) is 0 Å². The van der Waals surface area contributed by atoms with Crippen molar-refractivity contribution in [2.45, 2.75) is 5.41 Å². The van der Waals surface area contributed by atoms with Gasteiger partial charge in [0.15, 0.2) is 0 Å². The standard InChI is InChI=1S/C29H16N4O4/c34-17-30-25-9-1-21(2-10-25)29(22-3-11-26(12-4-22)31-18-35,23-5-13-27(14-6-23)32-19-36)24-7-15-28(16-8-24)33-20-37/h1-16H. The maximum atomic E-state index is 10.8. The number of rotatable bonds is 8. The first-order valence-corrected chi connectivity index (χ1v) is 10.9. The molecule has 4 aromatic carbocycles. The minimum Gasteiger partial charge on any atom is -0.211 e. The molecule has 4 aromatic rings. The van der Waals surface area contributed by atoms with Crippen LogP contribution < -0.4 is 0 Å². The number of aliphatic imine (C=N–C) groups is 4. The average molecular weight is 484 g/mol. The third kappa shape index (κ3) is 4.95. The van der Waals surface area contributed by atoms with E-state index in [2.05, 4.69) is 20.0 Å². The fraction of sp³-hybridized carbons (Fsp3) is 0.0345. The second-order valence-electron chi connectivity index (χ2n) is 7.75. The lowest BCUT2D eigenvalue weighted by Crippen LogP contribution is -2.30. The van der Waals surface area contributed by atoms with Crippen LogP contribution in [0, 0.1) is 0 Å². The Morgan fingerprint density at radius 2 is 0.541 bits per heavy atom. The lowest BCUT2D eigenvalue weighted by Gasteiger charge is -2.37. The molecule has 176 valence electrons. The molecule has 4 rings (SSSR count). The normalized spacial score (nSPS) is 11.5. The monoisotopic (exact) mass is 484 g/mol. The summed E-state index contributed by atoms with van der Waals surface area (Å²) < 4.78 is 0. The van der Waals surface area contributed by atoms with Crippen LogP contribution in [0.3, 0.4) is 0 Å². The number of benzene rings is 4. The van der Waals surface area contributed by atoms with Gasteiger partial charge in [0.2, 0.25) is 24.3 Å². The summed E-state index contributed by atoms with van der Waals surface area (Å²) in [5.74, 6) is 0. The molecule has 0 bridgehead atoms. The van der Waals surface area contributed by atoms with Crippen molar-refractivity contribution in [1.82, 2.24) is 0 Å². The van der Waals surface area contributed by atoms with Gasteiger partial charge >= 0.3 is 0 Å². The topological polar surface area (TPSA) is 118 Å². The predicted octanol–water partition coefficient (Wildman–Crippen LogP) is 5.94. The van der Waals surface area contributed by atoms with Crippen molar-refractivity contribution < 1.29 is 19.2 Å². The van der Waals surface area contributed by atoms with E-state index in [-0.39, 0.29) is 0 Å². The van der Waals surface area contributed by atoms with Crippen LogP contribution in [-0.2, 0) is 24.6 Å². The van der Waals surface area contributed by atoms with Gasteiger partial charge in [-0.1, -0.05) is 48.5 Å². The summed E-state index contributed by atoms with van der Waals surface area (Å²) in [6, 6.07) is 28.4. The Kier molecular flexibility index (Phi) is 7.43. The zero-order valence-corrected chi connectivity index (χ0v) is 19.2. The third-order valence-corrected chi connectivity index (χ3v) is 5.90. The van der Waals surface area contributed by atoms with Crippen LogP contribution in [0.4, 0.5) is 22.7 Å². The molecule has 0 aliphatic heterocycles. The number of hydrogen-bond acceptors (Lipinski definition) is 8. The first kappa shape index (κ1) is 24.5. The van der Waals surface area contributed by atoms with E-state index in [1.54, 1.807) is 72.9 Å². The van der Waals surface area contributed by atoms with Gasteiger partial charge in [0.1, 0.15) is 0 Å². The van der Waals surface area contributed by atoms with Gasteiger partial charge in [-0.15, -0.1) is 0 Å². The highest BCUT2D eigenvalue weighted by Crippen LogP contribution is 2.46. The Labute approximate surface area is 211 Å². The van der Waals surface area contributed by atoms with E-state index >= 15 is 0 Å². The molecule has 0 spiro atoms. The highest BCUT2D eigenvalue weighted by atomic mass is 16.1. The van der Waals surface area contributed by atoms with Gasteiger partial charge in [0, 0.05) is 0 Å². The number of nitrogens with zero attached hydrogens (tertiary/aromatic N) is 4. The summed E-state index contributed by atoms with van der Waals surface area (Å²) in [5.41, 5.74) is 4.11. The van der Waals surface area contributed by atoms with Gasteiger partial charge in [-0.2, -0.15) is 20.0 Å². The fourth-order valence-electron chi connectivity index (χ4n) is 4.35. The zero-order valence-electron chi connectivity index (χ0n) is 19.2. The quantitative estimate of drug-likeness (QED) is 0.175. The number of isocyanates is 4. The lowest BCUT2D eigenvalue weighted by atomic mass is 9.65. The molecule has 0 fully saturated rings. The van der Waals surface area contributed by atoms with Crippen molar-refractivity contribution in [2.75, 3.05) is 0 Å². The average Bonchev–Trinajstić information content (AvgIpc) is 2.93. The second-order valence-corrected chi connectivity index (χ2v) is 7.75. The molecule has 8 heteroatoms. The Morgan fingerprint density at radius 1 is 0.351 bits per heavy atom. The smallest absolute Gasteiger partial charge is 0.211 e. The Morgan fingerprint density at radius 3 is 0.703 bits per heavy atom. The first-order valence-electron chi connectivity index (χ1n) is 10.9. The molecule has 0 heterocycles. The molecule has 8 nitrogen and oxygen atoms in total. The summed E-state index contributed by atoms with van der Waals surface area (Å²) in [5, 5.41) is 0.